The average molecular weight is 234 g/mol. The molecule has 4 nitrogen and oxygen atoms in total. The number of hydrogen-bond donors (Lipinski definition) is 1. The lowest BCUT2D eigenvalue weighted by Gasteiger charge is -2.41. The van der Waals surface area contributed by atoms with Gasteiger partial charge in [-0.2, -0.15) is 5.10 Å². The Morgan fingerprint density at radius 2 is 2.41 bits per heavy atom. The maximum atomic E-state index is 4.24. The molecule has 0 spiro atoms. The van der Waals surface area contributed by atoms with E-state index in [9.17, 15) is 0 Å². The average Bonchev–Trinajstić information content (AvgIpc) is 2.75. The third-order valence-corrected chi connectivity index (χ3v) is 4.14. The lowest BCUT2D eigenvalue weighted by atomic mass is 9.85. The highest BCUT2D eigenvalue weighted by molar-refractivity contribution is 5.04. The van der Waals surface area contributed by atoms with Crippen molar-refractivity contribution in [3.8, 4) is 0 Å². The monoisotopic (exact) mass is 234 g/mol. The minimum atomic E-state index is 0.786. The van der Waals surface area contributed by atoms with Crippen LogP contribution >= 0.6 is 0 Å². The van der Waals surface area contributed by atoms with Gasteiger partial charge in [-0.05, 0) is 38.3 Å². The van der Waals surface area contributed by atoms with Crippen molar-refractivity contribution in [1.82, 2.24) is 20.0 Å². The molecule has 0 saturated carbocycles. The molecule has 2 fully saturated rings. The van der Waals surface area contributed by atoms with E-state index in [1.807, 2.05) is 17.9 Å². The SMILES string of the molecule is Cn1cc(CN2CC[C@@H]3NCCC[C@@H]3C2)cn1. The fraction of sp³-hybridized carbons (Fsp3) is 0.769. The van der Waals surface area contributed by atoms with Crippen LogP contribution in [0, 0.1) is 5.92 Å². The molecule has 0 amide bonds. The summed E-state index contributed by atoms with van der Waals surface area (Å²) in [4.78, 5) is 2.59. The van der Waals surface area contributed by atoms with Gasteiger partial charge in [0.1, 0.15) is 0 Å². The van der Waals surface area contributed by atoms with Gasteiger partial charge >= 0.3 is 0 Å². The molecule has 0 aromatic carbocycles. The molecular formula is C13H22N4. The lowest BCUT2D eigenvalue weighted by molar-refractivity contribution is 0.109. The van der Waals surface area contributed by atoms with Crippen molar-refractivity contribution >= 4 is 0 Å². The van der Waals surface area contributed by atoms with E-state index in [4.69, 9.17) is 0 Å². The molecule has 1 N–H and O–H groups in total. The van der Waals surface area contributed by atoms with Gasteiger partial charge in [-0.15, -0.1) is 0 Å². The molecule has 0 aliphatic carbocycles. The molecular weight excluding hydrogens is 212 g/mol. The van der Waals surface area contributed by atoms with E-state index in [2.05, 4.69) is 21.5 Å². The van der Waals surface area contributed by atoms with E-state index in [0.29, 0.717) is 0 Å². The fourth-order valence-electron chi connectivity index (χ4n) is 3.28. The van der Waals surface area contributed by atoms with Crippen LogP contribution < -0.4 is 5.32 Å². The van der Waals surface area contributed by atoms with Gasteiger partial charge in [0.25, 0.3) is 0 Å². The highest BCUT2D eigenvalue weighted by Crippen LogP contribution is 2.25. The summed E-state index contributed by atoms with van der Waals surface area (Å²) in [5, 5.41) is 7.91. The van der Waals surface area contributed by atoms with Gasteiger partial charge in [-0.25, -0.2) is 0 Å². The summed E-state index contributed by atoms with van der Waals surface area (Å²) in [5.41, 5.74) is 1.34. The second-order valence-corrected chi connectivity index (χ2v) is 5.51. The van der Waals surface area contributed by atoms with Crippen LogP contribution in [0.3, 0.4) is 0 Å². The van der Waals surface area contributed by atoms with Gasteiger partial charge in [0.15, 0.2) is 0 Å². The number of piperidine rings is 2. The molecule has 2 aliphatic heterocycles. The first-order valence-corrected chi connectivity index (χ1v) is 6.74. The Morgan fingerprint density at radius 1 is 1.47 bits per heavy atom. The molecule has 2 saturated heterocycles. The summed E-state index contributed by atoms with van der Waals surface area (Å²) in [6.07, 6.45) is 8.18. The van der Waals surface area contributed by atoms with Crippen molar-refractivity contribution in [3.05, 3.63) is 18.0 Å². The third kappa shape index (κ3) is 2.53. The number of hydrogen-bond acceptors (Lipinski definition) is 3. The number of likely N-dealkylation sites (tertiary alicyclic amines) is 1. The molecule has 0 radical (unpaired) electrons. The van der Waals surface area contributed by atoms with Crippen LogP contribution in [0.5, 0.6) is 0 Å². The molecule has 17 heavy (non-hydrogen) atoms. The Balaban J connectivity index is 1.58. The van der Waals surface area contributed by atoms with Crippen molar-refractivity contribution in [2.45, 2.75) is 31.8 Å². The number of nitrogens with one attached hydrogen (secondary N) is 1. The van der Waals surface area contributed by atoms with Crippen LogP contribution in [0.1, 0.15) is 24.8 Å². The summed E-state index contributed by atoms with van der Waals surface area (Å²) < 4.78 is 1.89. The van der Waals surface area contributed by atoms with E-state index in [-0.39, 0.29) is 0 Å². The molecule has 94 valence electrons. The highest BCUT2D eigenvalue weighted by Gasteiger charge is 2.30. The Morgan fingerprint density at radius 3 is 3.24 bits per heavy atom. The first kappa shape index (κ1) is 11.2. The fourth-order valence-corrected chi connectivity index (χ4v) is 3.28. The Bertz CT molecular complexity index is 373. The van der Waals surface area contributed by atoms with Crippen LogP contribution in [0.4, 0.5) is 0 Å². The molecule has 1 aromatic heterocycles. The van der Waals surface area contributed by atoms with Gasteiger partial charge in [0.05, 0.1) is 6.20 Å². The van der Waals surface area contributed by atoms with Crippen molar-refractivity contribution in [2.75, 3.05) is 19.6 Å². The van der Waals surface area contributed by atoms with E-state index >= 15 is 0 Å². The number of nitrogens with zero attached hydrogens (tertiary/aromatic N) is 3. The van der Waals surface area contributed by atoms with E-state index in [0.717, 1.165) is 18.5 Å². The van der Waals surface area contributed by atoms with Crippen molar-refractivity contribution in [3.63, 3.8) is 0 Å². The van der Waals surface area contributed by atoms with Crippen LogP contribution in [0.2, 0.25) is 0 Å². The van der Waals surface area contributed by atoms with Gasteiger partial charge in [0.2, 0.25) is 0 Å². The molecule has 2 aliphatic rings. The third-order valence-electron chi connectivity index (χ3n) is 4.14. The zero-order valence-electron chi connectivity index (χ0n) is 10.6. The van der Waals surface area contributed by atoms with Crippen LogP contribution in [0.15, 0.2) is 12.4 Å². The van der Waals surface area contributed by atoms with Gasteiger partial charge in [-0.1, -0.05) is 0 Å². The Hall–Kier alpha value is -0.870. The first-order chi connectivity index (χ1) is 8.31. The molecule has 0 unspecified atom stereocenters. The predicted molar refractivity (Wildman–Crippen MR) is 67.6 cm³/mol. The lowest BCUT2D eigenvalue weighted by Crippen LogP contribution is -2.51. The number of aromatic nitrogens is 2. The maximum absolute atomic E-state index is 4.24. The van der Waals surface area contributed by atoms with Crippen LogP contribution in [-0.2, 0) is 13.6 Å². The quantitative estimate of drug-likeness (QED) is 0.828. The van der Waals surface area contributed by atoms with Crippen molar-refractivity contribution < 1.29 is 0 Å². The summed E-state index contributed by atoms with van der Waals surface area (Å²) in [7, 11) is 1.99. The van der Waals surface area contributed by atoms with E-state index in [1.54, 1.807) is 0 Å². The standard InChI is InChI=1S/C13H22N4/c1-16-8-11(7-15-16)9-17-6-4-13-12(10-17)3-2-5-14-13/h7-8,12-14H,2-6,9-10H2,1H3/t12-,13+/m1/s1. The molecule has 2 atom stereocenters. The summed E-state index contributed by atoms with van der Waals surface area (Å²) >= 11 is 0. The van der Waals surface area contributed by atoms with Gasteiger partial charge in [-0.3, -0.25) is 9.58 Å². The summed E-state index contributed by atoms with van der Waals surface area (Å²) in [6.45, 7) is 4.77. The topological polar surface area (TPSA) is 33.1 Å². The zero-order chi connectivity index (χ0) is 11.7. The van der Waals surface area contributed by atoms with Gasteiger partial charge < -0.3 is 5.32 Å². The molecule has 3 heterocycles. The smallest absolute Gasteiger partial charge is 0.0534 e. The van der Waals surface area contributed by atoms with Gasteiger partial charge in [0, 0.05) is 37.9 Å². The number of aryl methyl sites for hydroxylation is 1. The maximum Gasteiger partial charge on any atom is 0.0534 e. The first-order valence-electron chi connectivity index (χ1n) is 6.74. The van der Waals surface area contributed by atoms with Crippen LogP contribution in [0.25, 0.3) is 0 Å². The summed E-state index contributed by atoms with van der Waals surface area (Å²) in [5.74, 6) is 0.870. The second kappa shape index (κ2) is 4.78. The summed E-state index contributed by atoms with van der Waals surface area (Å²) in [6, 6.07) is 0.786. The Kier molecular flexibility index (Phi) is 3.16. The predicted octanol–water partition coefficient (Wildman–Crippen LogP) is 0.994. The van der Waals surface area contributed by atoms with E-state index in [1.165, 1.54) is 44.5 Å². The largest absolute Gasteiger partial charge is 0.314 e. The number of rotatable bonds is 2. The zero-order valence-corrected chi connectivity index (χ0v) is 10.6. The molecule has 0 bridgehead atoms. The molecule has 1 aromatic rings. The number of fused-ring (bicyclic) bond motifs is 1. The minimum Gasteiger partial charge on any atom is -0.314 e. The molecule has 4 heteroatoms. The van der Waals surface area contributed by atoms with E-state index < -0.39 is 0 Å². The second-order valence-electron chi connectivity index (χ2n) is 5.51. The highest BCUT2D eigenvalue weighted by atomic mass is 15.2. The Labute approximate surface area is 103 Å². The van der Waals surface area contributed by atoms with Crippen molar-refractivity contribution in [2.24, 2.45) is 13.0 Å². The van der Waals surface area contributed by atoms with Crippen molar-refractivity contribution in [1.29, 1.82) is 0 Å². The minimum absolute atomic E-state index is 0.786. The molecule has 3 rings (SSSR count). The normalized spacial score (nSPS) is 30.2. The van der Waals surface area contributed by atoms with Crippen LogP contribution in [-0.4, -0.2) is 40.4 Å².